The summed E-state index contributed by atoms with van der Waals surface area (Å²) in [6.45, 7) is 0.213. The molecule has 2 aromatic carbocycles. The smallest absolute Gasteiger partial charge is 0.416 e. The van der Waals surface area contributed by atoms with Crippen LogP contribution in [0, 0.1) is 0 Å². The quantitative estimate of drug-likeness (QED) is 0.337. The van der Waals surface area contributed by atoms with Crippen molar-refractivity contribution in [3.63, 3.8) is 0 Å². The summed E-state index contributed by atoms with van der Waals surface area (Å²) in [5.74, 6) is -0.440. The maximum Gasteiger partial charge on any atom is 0.416 e. The number of hydrogen-bond donors (Lipinski definition) is 0. The van der Waals surface area contributed by atoms with Crippen molar-refractivity contribution in [2.45, 2.75) is 59.1 Å². The third-order valence-corrected chi connectivity index (χ3v) is 10.6. The molecular weight excluding hydrogens is 595 g/mol. The minimum atomic E-state index is -5.02. The summed E-state index contributed by atoms with van der Waals surface area (Å²) in [6, 6.07) is 5.57. The van der Waals surface area contributed by atoms with Gasteiger partial charge in [0.2, 0.25) is 19.9 Å². The molecule has 40 heavy (non-hydrogen) atoms. The number of ether oxygens (including phenoxy) is 1. The number of carbonyl (C=O) groups is 1. The van der Waals surface area contributed by atoms with Crippen LogP contribution in [0.2, 0.25) is 5.02 Å². The first-order valence-electron chi connectivity index (χ1n) is 12.0. The van der Waals surface area contributed by atoms with E-state index in [1.165, 1.54) is 32.5 Å². The van der Waals surface area contributed by atoms with Crippen LogP contribution in [0.5, 0.6) is 0 Å². The van der Waals surface area contributed by atoms with E-state index < -0.39 is 53.4 Å². The Labute approximate surface area is 234 Å². The second-order valence-corrected chi connectivity index (χ2v) is 13.6. The number of sulfonamides is 1. The van der Waals surface area contributed by atoms with Gasteiger partial charge in [0, 0.05) is 23.3 Å². The van der Waals surface area contributed by atoms with Gasteiger partial charge >= 0.3 is 12.1 Å². The SMILES string of the molecule is COC(=O)CCn1ncc2c1CCCC2N(C)S(=O)(=O)c1cc(C(F)(F)F)cc(S(=O)(=O)c2ccc(Cl)cc2)c1. The third kappa shape index (κ3) is 5.90. The third-order valence-electron chi connectivity index (χ3n) is 6.74. The summed E-state index contributed by atoms with van der Waals surface area (Å²) in [5, 5.41) is 4.49. The van der Waals surface area contributed by atoms with Crippen LogP contribution in [0.4, 0.5) is 13.2 Å². The van der Waals surface area contributed by atoms with Gasteiger partial charge in [-0.1, -0.05) is 11.6 Å². The standard InChI is InChI=1S/C25H25ClF3N3O6S2/c1-31(22-4-3-5-23-21(22)15-30-32(23)11-10-24(33)38-2)40(36,37)20-13-16(25(27,28)29)12-19(14-20)39(34,35)18-8-6-17(26)7-9-18/h6-9,12-15,22H,3-5,10-11H2,1-2H3. The number of sulfone groups is 1. The molecule has 9 nitrogen and oxygen atoms in total. The van der Waals surface area contributed by atoms with Crippen molar-refractivity contribution in [1.29, 1.82) is 0 Å². The van der Waals surface area contributed by atoms with Crippen molar-refractivity contribution < 1.29 is 39.5 Å². The molecule has 4 rings (SSSR count). The maximum atomic E-state index is 13.8. The molecule has 216 valence electrons. The fourth-order valence-electron chi connectivity index (χ4n) is 4.59. The van der Waals surface area contributed by atoms with Gasteiger partial charge in [0.1, 0.15) is 0 Å². The molecule has 0 bridgehead atoms. The fraction of sp³-hybridized carbons (Fsp3) is 0.360. The number of nitrogens with zero attached hydrogens (tertiary/aromatic N) is 3. The van der Waals surface area contributed by atoms with Gasteiger partial charge in [0.15, 0.2) is 0 Å². The van der Waals surface area contributed by atoms with Crippen LogP contribution in [0.3, 0.4) is 0 Å². The van der Waals surface area contributed by atoms with E-state index in [4.69, 9.17) is 11.6 Å². The number of esters is 1. The van der Waals surface area contributed by atoms with Crippen molar-refractivity contribution in [2.24, 2.45) is 0 Å². The molecule has 0 saturated carbocycles. The Morgan fingerprint density at radius 3 is 2.38 bits per heavy atom. The molecule has 1 aliphatic rings. The predicted molar refractivity (Wildman–Crippen MR) is 138 cm³/mol. The van der Waals surface area contributed by atoms with Crippen LogP contribution in [0.25, 0.3) is 0 Å². The van der Waals surface area contributed by atoms with Gasteiger partial charge in [-0.2, -0.15) is 22.6 Å². The first-order chi connectivity index (χ1) is 18.7. The molecule has 1 heterocycles. The van der Waals surface area contributed by atoms with E-state index >= 15 is 0 Å². The van der Waals surface area contributed by atoms with Crippen LogP contribution in [0.1, 0.15) is 42.1 Å². The topological polar surface area (TPSA) is 116 Å². The van der Waals surface area contributed by atoms with Crippen molar-refractivity contribution in [3.8, 4) is 0 Å². The molecule has 0 N–H and O–H groups in total. The Morgan fingerprint density at radius 2 is 1.75 bits per heavy atom. The first kappa shape index (κ1) is 30.0. The number of alkyl halides is 3. The molecule has 1 atom stereocenters. The lowest BCUT2D eigenvalue weighted by Crippen LogP contribution is -2.33. The van der Waals surface area contributed by atoms with E-state index in [1.807, 2.05) is 0 Å². The maximum absolute atomic E-state index is 13.8. The van der Waals surface area contributed by atoms with E-state index in [9.17, 15) is 34.8 Å². The second-order valence-electron chi connectivity index (χ2n) is 9.17. The molecule has 1 aromatic heterocycles. The van der Waals surface area contributed by atoms with E-state index in [0.717, 1.165) is 22.5 Å². The molecule has 0 aliphatic heterocycles. The van der Waals surface area contributed by atoms with E-state index in [0.29, 0.717) is 42.7 Å². The lowest BCUT2D eigenvalue weighted by atomic mass is 9.93. The number of hydrogen-bond acceptors (Lipinski definition) is 7. The zero-order valence-corrected chi connectivity index (χ0v) is 23.7. The number of benzene rings is 2. The van der Waals surface area contributed by atoms with Crippen LogP contribution in [0.15, 0.2) is 63.3 Å². The largest absolute Gasteiger partial charge is 0.469 e. The summed E-state index contributed by atoms with van der Waals surface area (Å²) >= 11 is 5.81. The zero-order valence-electron chi connectivity index (χ0n) is 21.4. The Morgan fingerprint density at radius 1 is 1.10 bits per heavy atom. The number of carbonyl (C=O) groups excluding carboxylic acids is 1. The average Bonchev–Trinajstić information content (AvgIpc) is 3.34. The van der Waals surface area contributed by atoms with Crippen LogP contribution in [-0.4, -0.2) is 51.0 Å². The zero-order chi connectivity index (χ0) is 29.5. The number of aryl methyl sites for hydroxylation is 1. The number of fused-ring (bicyclic) bond motifs is 1. The van der Waals surface area contributed by atoms with Crippen LogP contribution < -0.4 is 0 Å². The molecule has 1 aliphatic carbocycles. The molecule has 0 radical (unpaired) electrons. The molecule has 1 unspecified atom stereocenters. The fourth-order valence-corrected chi connectivity index (χ4v) is 7.56. The first-order valence-corrected chi connectivity index (χ1v) is 15.3. The van der Waals surface area contributed by atoms with Crippen molar-refractivity contribution in [1.82, 2.24) is 14.1 Å². The van der Waals surface area contributed by atoms with Gasteiger partial charge < -0.3 is 4.74 Å². The number of aromatic nitrogens is 2. The highest BCUT2D eigenvalue weighted by Gasteiger charge is 2.38. The van der Waals surface area contributed by atoms with E-state index in [2.05, 4.69) is 9.84 Å². The summed E-state index contributed by atoms with van der Waals surface area (Å²) in [6.07, 6.45) is -2.01. The van der Waals surface area contributed by atoms with Crippen molar-refractivity contribution in [2.75, 3.05) is 14.2 Å². The minimum Gasteiger partial charge on any atom is -0.469 e. The number of rotatable bonds is 8. The van der Waals surface area contributed by atoms with Gasteiger partial charge in [-0.3, -0.25) is 9.48 Å². The lowest BCUT2D eigenvalue weighted by molar-refractivity contribution is -0.141. The molecule has 15 heteroatoms. The normalized spacial score (nSPS) is 16.1. The predicted octanol–water partition coefficient (Wildman–Crippen LogP) is 4.65. The number of methoxy groups -OCH3 is 1. The van der Waals surface area contributed by atoms with E-state index in [-0.39, 0.29) is 22.9 Å². The van der Waals surface area contributed by atoms with Gasteiger partial charge in [-0.25, -0.2) is 16.8 Å². The Balaban J connectivity index is 1.75. The van der Waals surface area contributed by atoms with Crippen LogP contribution in [-0.2, 0) is 48.5 Å². The second kappa shape index (κ2) is 11.1. The van der Waals surface area contributed by atoms with Gasteiger partial charge in [-0.05, 0) is 61.7 Å². The van der Waals surface area contributed by atoms with Crippen LogP contribution >= 0.6 is 11.6 Å². The summed E-state index contributed by atoms with van der Waals surface area (Å²) < 4.78 is 102. The molecule has 0 saturated heterocycles. The van der Waals surface area contributed by atoms with Gasteiger partial charge in [-0.15, -0.1) is 0 Å². The lowest BCUT2D eigenvalue weighted by Gasteiger charge is -2.31. The molecular formula is C25H25ClF3N3O6S2. The highest BCUT2D eigenvalue weighted by atomic mass is 35.5. The Kier molecular flexibility index (Phi) is 8.37. The molecule has 0 amide bonds. The minimum absolute atomic E-state index is 0.0541. The highest BCUT2D eigenvalue weighted by Crippen LogP contribution is 2.39. The highest BCUT2D eigenvalue weighted by molar-refractivity contribution is 7.91. The van der Waals surface area contributed by atoms with Crippen molar-refractivity contribution in [3.05, 3.63) is 70.5 Å². The van der Waals surface area contributed by atoms with Gasteiger partial charge in [0.05, 0.1) is 52.6 Å². The monoisotopic (exact) mass is 619 g/mol. The molecule has 0 fully saturated rings. The molecule has 3 aromatic rings. The number of halogens is 4. The Bertz CT molecular complexity index is 1640. The molecule has 0 spiro atoms. The average molecular weight is 620 g/mol. The van der Waals surface area contributed by atoms with Crippen molar-refractivity contribution >= 4 is 37.4 Å². The summed E-state index contributed by atoms with van der Waals surface area (Å²) in [7, 11) is -6.65. The van der Waals surface area contributed by atoms with Gasteiger partial charge in [0.25, 0.3) is 0 Å². The summed E-state index contributed by atoms with van der Waals surface area (Å²) in [5.41, 5.74) is -0.157. The summed E-state index contributed by atoms with van der Waals surface area (Å²) in [4.78, 5) is 9.57. The Hall–Kier alpha value is -2.94. The van der Waals surface area contributed by atoms with E-state index in [1.54, 1.807) is 4.68 Å².